The minimum atomic E-state index is -0.471. The fraction of sp³-hybridized carbons (Fsp3) is 0.857. The number of nitrogens with two attached hydrogens (primary N) is 1. The molecule has 66 valence electrons. The molecule has 4 heteroatoms. The molecule has 0 rings (SSSR count). The van der Waals surface area contributed by atoms with Crippen molar-refractivity contribution in [2.45, 2.75) is 19.9 Å². The molecule has 0 aromatic carbocycles. The van der Waals surface area contributed by atoms with E-state index in [4.69, 9.17) is 10.8 Å². The Morgan fingerprint density at radius 1 is 1.64 bits per heavy atom. The van der Waals surface area contributed by atoms with Crippen molar-refractivity contribution in [1.82, 2.24) is 5.32 Å². The molecule has 0 aromatic heterocycles. The third kappa shape index (κ3) is 4.75. The van der Waals surface area contributed by atoms with Crippen molar-refractivity contribution in [3.63, 3.8) is 0 Å². The zero-order valence-corrected chi connectivity index (χ0v) is 7.00. The van der Waals surface area contributed by atoms with Crippen molar-refractivity contribution in [1.29, 1.82) is 0 Å². The van der Waals surface area contributed by atoms with Crippen LogP contribution in [0.5, 0.6) is 0 Å². The van der Waals surface area contributed by atoms with Crippen LogP contribution in [0, 0.1) is 5.92 Å². The highest BCUT2D eigenvalue weighted by Gasteiger charge is 2.07. The Bertz CT molecular complexity index is 126. The van der Waals surface area contributed by atoms with E-state index in [2.05, 4.69) is 5.32 Å². The van der Waals surface area contributed by atoms with Crippen LogP contribution in [0.4, 0.5) is 0 Å². The molecule has 2 atom stereocenters. The number of hydrogen-bond donors (Lipinski definition) is 3. The van der Waals surface area contributed by atoms with Crippen LogP contribution in [0.25, 0.3) is 0 Å². The number of aliphatic hydroxyl groups excluding tert-OH is 1. The lowest BCUT2D eigenvalue weighted by atomic mass is 10.2. The van der Waals surface area contributed by atoms with Gasteiger partial charge in [0.2, 0.25) is 5.91 Å². The monoisotopic (exact) mass is 160 g/mol. The molecule has 0 saturated heterocycles. The van der Waals surface area contributed by atoms with Gasteiger partial charge >= 0.3 is 0 Å². The molecule has 11 heavy (non-hydrogen) atoms. The molecule has 0 aliphatic rings. The third-order valence-corrected chi connectivity index (χ3v) is 1.35. The lowest BCUT2D eigenvalue weighted by Crippen LogP contribution is -2.40. The van der Waals surface area contributed by atoms with Crippen LogP contribution in [-0.4, -0.2) is 30.2 Å². The van der Waals surface area contributed by atoms with Crippen LogP contribution in [0.15, 0.2) is 0 Å². The lowest BCUT2D eigenvalue weighted by molar-refractivity contribution is -0.122. The molecular weight excluding hydrogens is 144 g/mol. The predicted octanol–water partition coefficient (Wildman–Crippen LogP) is -0.922. The van der Waals surface area contributed by atoms with Crippen molar-refractivity contribution in [3.05, 3.63) is 0 Å². The van der Waals surface area contributed by atoms with E-state index in [1.165, 1.54) is 0 Å². The summed E-state index contributed by atoms with van der Waals surface area (Å²) >= 11 is 0. The van der Waals surface area contributed by atoms with E-state index < -0.39 is 6.04 Å². The van der Waals surface area contributed by atoms with Crippen molar-refractivity contribution in [2.24, 2.45) is 11.7 Å². The van der Waals surface area contributed by atoms with Gasteiger partial charge in [-0.15, -0.1) is 0 Å². The molecule has 1 amide bonds. The molecule has 0 aromatic rings. The van der Waals surface area contributed by atoms with Crippen LogP contribution in [0.3, 0.4) is 0 Å². The maximum absolute atomic E-state index is 10.8. The van der Waals surface area contributed by atoms with Crippen molar-refractivity contribution < 1.29 is 9.90 Å². The number of carbonyl (C=O) groups excluding carboxylic acids is 1. The van der Waals surface area contributed by atoms with Gasteiger partial charge in [0.15, 0.2) is 0 Å². The Balaban J connectivity index is 3.46. The Kier molecular flexibility index (Phi) is 4.81. The average Bonchev–Trinajstić information content (AvgIpc) is 1.99. The van der Waals surface area contributed by atoms with E-state index >= 15 is 0 Å². The Labute approximate surface area is 66.8 Å². The van der Waals surface area contributed by atoms with Gasteiger partial charge in [0.1, 0.15) is 0 Å². The van der Waals surface area contributed by atoms with Gasteiger partial charge < -0.3 is 16.2 Å². The van der Waals surface area contributed by atoms with Crippen molar-refractivity contribution in [2.75, 3.05) is 13.2 Å². The molecule has 0 aliphatic carbocycles. The molecule has 1 unspecified atom stereocenters. The highest BCUT2D eigenvalue weighted by Crippen LogP contribution is 1.88. The van der Waals surface area contributed by atoms with Crippen molar-refractivity contribution >= 4 is 5.91 Å². The van der Waals surface area contributed by atoms with E-state index in [1.54, 1.807) is 6.92 Å². The third-order valence-electron chi connectivity index (χ3n) is 1.35. The SMILES string of the molecule is CC(CO)CNC(=O)[C@@H](C)N. The fourth-order valence-corrected chi connectivity index (χ4v) is 0.500. The standard InChI is InChI=1S/C7H16N2O2/c1-5(4-10)3-9-7(11)6(2)8/h5-6,10H,3-4,8H2,1-2H3,(H,9,11)/t5?,6-/m1/s1. The van der Waals surface area contributed by atoms with E-state index in [0.717, 1.165) is 0 Å². The largest absolute Gasteiger partial charge is 0.396 e. The summed E-state index contributed by atoms with van der Waals surface area (Å²) in [6, 6.07) is -0.471. The van der Waals surface area contributed by atoms with Gasteiger partial charge in [0, 0.05) is 13.2 Å². The molecule has 0 heterocycles. The second-order valence-corrected chi connectivity index (χ2v) is 2.82. The molecular formula is C7H16N2O2. The van der Waals surface area contributed by atoms with E-state index in [0.29, 0.717) is 6.54 Å². The maximum Gasteiger partial charge on any atom is 0.236 e. The molecule has 4 nitrogen and oxygen atoms in total. The van der Waals surface area contributed by atoms with E-state index in [1.807, 2.05) is 6.92 Å². The summed E-state index contributed by atoms with van der Waals surface area (Å²) in [5.41, 5.74) is 5.29. The number of nitrogens with one attached hydrogen (secondary N) is 1. The summed E-state index contributed by atoms with van der Waals surface area (Å²) < 4.78 is 0. The second kappa shape index (κ2) is 5.09. The quantitative estimate of drug-likeness (QED) is 0.498. The predicted molar refractivity (Wildman–Crippen MR) is 42.9 cm³/mol. The highest BCUT2D eigenvalue weighted by atomic mass is 16.3. The minimum Gasteiger partial charge on any atom is -0.396 e. The molecule has 0 fully saturated rings. The van der Waals surface area contributed by atoms with Crippen LogP contribution in [0.2, 0.25) is 0 Å². The zero-order valence-electron chi connectivity index (χ0n) is 7.00. The summed E-state index contributed by atoms with van der Waals surface area (Å²) in [4.78, 5) is 10.8. The van der Waals surface area contributed by atoms with Gasteiger partial charge in [-0.2, -0.15) is 0 Å². The van der Waals surface area contributed by atoms with Crippen LogP contribution >= 0.6 is 0 Å². The smallest absolute Gasteiger partial charge is 0.236 e. The Morgan fingerprint density at radius 2 is 2.18 bits per heavy atom. The number of aliphatic hydroxyl groups is 1. The van der Waals surface area contributed by atoms with Gasteiger partial charge in [-0.1, -0.05) is 6.92 Å². The summed E-state index contributed by atoms with van der Waals surface area (Å²) in [5, 5.41) is 11.2. The first kappa shape index (κ1) is 10.4. The normalized spacial score (nSPS) is 15.6. The van der Waals surface area contributed by atoms with Crippen LogP contribution in [0.1, 0.15) is 13.8 Å². The lowest BCUT2D eigenvalue weighted by Gasteiger charge is -2.10. The maximum atomic E-state index is 10.8. The summed E-state index contributed by atoms with van der Waals surface area (Å²) in [7, 11) is 0. The molecule has 0 aliphatic heterocycles. The molecule has 4 N–H and O–H groups in total. The number of hydrogen-bond acceptors (Lipinski definition) is 3. The molecule has 0 saturated carbocycles. The molecule has 0 radical (unpaired) electrons. The summed E-state index contributed by atoms with van der Waals surface area (Å²) in [6.45, 7) is 4.04. The van der Waals surface area contributed by atoms with Gasteiger partial charge in [-0.25, -0.2) is 0 Å². The zero-order chi connectivity index (χ0) is 8.85. The van der Waals surface area contributed by atoms with Gasteiger partial charge in [0.05, 0.1) is 6.04 Å². The number of carbonyl (C=O) groups is 1. The fourth-order valence-electron chi connectivity index (χ4n) is 0.500. The van der Waals surface area contributed by atoms with Crippen molar-refractivity contribution in [3.8, 4) is 0 Å². The second-order valence-electron chi connectivity index (χ2n) is 2.82. The van der Waals surface area contributed by atoms with E-state index in [-0.39, 0.29) is 18.4 Å². The van der Waals surface area contributed by atoms with Crippen LogP contribution < -0.4 is 11.1 Å². The van der Waals surface area contributed by atoms with Gasteiger partial charge in [-0.05, 0) is 12.8 Å². The average molecular weight is 160 g/mol. The summed E-state index contributed by atoms with van der Waals surface area (Å²) in [6.07, 6.45) is 0. The van der Waals surface area contributed by atoms with Gasteiger partial charge in [-0.3, -0.25) is 4.79 Å². The number of rotatable bonds is 4. The summed E-state index contributed by atoms with van der Waals surface area (Å²) in [5.74, 6) is -0.0806. The number of amides is 1. The topological polar surface area (TPSA) is 75.3 Å². The Morgan fingerprint density at radius 3 is 2.55 bits per heavy atom. The first-order valence-electron chi connectivity index (χ1n) is 3.72. The Hall–Kier alpha value is -0.610. The van der Waals surface area contributed by atoms with E-state index in [9.17, 15) is 4.79 Å². The minimum absolute atomic E-state index is 0.0826. The molecule has 0 bridgehead atoms. The first-order valence-corrected chi connectivity index (χ1v) is 3.72. The molecule has 0 spiro atoms. The van der Waals surface area contributed by atoms with Crippen LogP contribution in [-0.2, 0) is 4.79 Å². The highest BCUT2D eigenvalue weighted by molar-refractivity contribution is 5.80. The van der Waals surface area contributed by atoms with Gasteiger partial charge in [0.25, 0.3) is 0 Å². The first-order chi connectivity index (χ1) is 5.07.